The van der Waals surface area contributed by atoms with Gasteiger partial charge in [-0.05, 0) is 42.0 Å². The quantitative estimate of drug-likeness (QED) is 0.653. The van der Waals surface area contributed by atoms with Crippen LogP contribution in [-0.4, -0.2) is 16.3 Å². The van der Waals surface area contributed by atoms with E-state index in [2.05, 4.69) is 4.98 Å². The van der Waals surface area contributed by atoms with Crippen LogP contribution in [0.2, 0.25) is 0 Å². The van der Waals surface area contributed by atoms with Crippen molar-refractivity contribution in [2.45, 2.75) is 11.5 Å². The first-order chi connectivity index (χ1) is 11.6. The molecule has 124 valence electrons. The van der Waals surface area contributed by atoms with Crippen LogP contribution in [0.4, 0.5) is 4.39 Å². The Hall–Kier alpha value is -2.05. The molecule has 0 radical (unpaired) electrons. The summed E-state index contributed by atoms with van der Waals surface area (Å²) in [6, 6.07) is 13.9. The molecule has 1 heterocycles. The molecule has 0 saturated carbocycles. The Balaban J connectivity index is 1.65. The normalized spacial score (nSPS) is 12.1. The molecule has 0 fully saturated rings. The Labute approximate surface area is 146 Å². The van der Waals surface area contributed by atoms with Gasteiger partial charge in [-0.3, -0.25) is 4.21 Å². The minimum atomic E-state index is -1.12. The second kappa shape index (κ2) is 7.68. The van der Waals surface area contributed by atoms with Crippen LogP contribution in [0.15, 0.2) is 53.9 Å². The molecule has 1 unspecified atom stereocenters. The standard InChI is InChI=1S/C18H16FNO2S2/c1-22-17-7-5-14(6-8-17)18-20-16(10-23-18)12-24(21)11-13-3-2-4-15(19)9-13/h2-10H,11-12H2,1H3. The van der Waals surface area contributed by atoms with E-state index in [1.54, 1.807) is 19.2 Å². The Morgan fingerprint density at radius 1 is 1.17 bits per heavy atom. The molecular formula is C18H16FNO2S2. The summed E-state index contributed by atoms with van der Waals surface area (Å²) < 4.78 is 30.6. The average Bonchev–Trinajstić information content (AvgIpc) is 3.03. The first-order valence-corrected chi connectivity index (χ1v) is 9.69. The summed E-state index contributed by atoms with van der Waals surface area (Å²) in [5, 5.41) is 2.80. The molecule has 6 heteroatoms. The molecule has 3 rings (SSSR count). The van der Waals surface area contributed by atoms with Crippen LogP contribution in [-0.2, 0) is 22.3 Å². The molecule has 2 aromatic carbocycles. The lowest BCUT2D eigenvalue weighted by Gasteiger charge is -2.02. The largest absolute Gasteiger partial charge is 0.497 e. The van der Waals surface area contributed by atoms with Crippen molar-refractivity contribution in [3.05, 3.63) is 71.0 Å². The van der Waals surface area contributed by atoms with Crippen LogP contribution in [0.25, 0.3) is 10.6 Å². The van der Waals surface area contributed by atoms with Crippen LogP contribution >= 0.6 is 11.3 Å². The van der Waals surface area contributed by atoms with Gasteiger partial charge in [-0.1, -0.05) is 12.1 Å². The van der Waals surface area contributed by atoms with Gasteiger partial charge in [0.1, 0.15) is 16.6 Å². The van der Waals surface area contributed by atoms with E-state index in [-0.39, 0.29) is 5.82 Å². The van der Waals surface area contributed by atoms with Crippen molar-refractivity contribution in [1.82, 2.24) is 4.98 Å². The third kappa shape index (κ3) is 4.27. The van der Waals surface area contributed by atoms with Crippen LogP contribution in [0.3, 0.4) is 0 Å². The molecule has 1 aromatic heterocycles. The van der Waals surface area contributed by atoms with E-state index in [9.17, 15) is 8.60 Å². The Kier molecular flexibility index (Phi) is 5.37. The van der Waals surface area contributed by atoms with Gasteiger partial charge in [-0.25, -0.2) is 9.37 Å². The number of thiazole rings is 1. The number of hydrogen-bond acceptors (Lipinski definition) is 4. The zero-order valence-electron chi connectivity index (χ0n) is 13.1. The maximum absolute atomic E-state index is 13.2. The number of rotatable bonds is 6. The molecule has 0 aliphatic carbocycles. The summed E-state index contributed by atoms with van der Waals surface area (Å²) in [6.07, 6.45) is 0. The lowest BCUT2D eigenvalue weighted by Crippen LogP contribution is -2.00. The molecule has 0 aliphatic rings. The minimum Gasteiger partial charge on any atom is -0.497 e. The summed E-state index contributed by atoms with van der Waals surface area (Å²) in [7, 11) is 0.508. The topological polar surface area (TPSA) is 39.2 Å². The van der Waals surface area contributed by atoms with Gasteiger partial charge in [0.2, 0.25) is 0 Å². The maximum atomic E-state index is 13.2. The number of methoxy groups -OCH3 is 1. The monoisotopic (exact) mass is 361 g/mol. The van der Waals surface area contributed by atoms with E-state index in [1.165, 1.54) is 23.5 Å². The van der Waals surface area contributed by atoms with Crippen molar-refractivity contribution in [2.24, 2.45) is 0 Å². The van der Waals surface area contributed by atoms with Crippen LogP contribution in [0, 0.1) is 5.82 Å². The Morgan fingerprint density at radius 3 is 2.67 bits per heavy atom. The third-order valence-electron chi connectivity index (χ3n) is 3.41. The van der Waals surface area contributed by atoms with Gasteiger partial charge >= 0.3 is 0 Å². The van der Waals surface area contributed by atoms with E-state index in [4.69, 9.17) is 4.74 Å². The van der Waals surface area contributed by atoms with Crippen molar-refractivity contribution < 1.29 is 13.3 Å². The van der Waals surface area contributed by atoms with Crippen LogP contribution < -0.4 is 4.74 Å². The fourth-order valence-electron chi connectivity index (χ4n) is 2.27. The van der Waals surface area contributed by atoms with Crippen LogP contribution in [0.1, 0.15) is 11.3 Å². The molecule has 0 spiro atoms. The van der Waals surface area contributed by atoms with Gasteiger partial charge in [0, 0.05) is 27.5 Å². The Morgan fingerprint density at radius 2 is 1.96 bits per heavy atom. The molecule has 0 bridgehead atoms. The SMILES string of the molecule is COc1ccc(-c2nc(CS(=O)Cc3cccc(F)c3)cs2)cc1. The highest BCUT2D eigenvalue weighted by Crippen LogP contribution is 2.26. The van der Waals surface area contributed by atoms with Gasteiger partial charge in [-0.2, -0.15) is 0 Å². The minimum absolute atomic E-state index is 0.306. The van der Waals surface area contributed by atoms with Gasteiger partial charge < -0.3 is 4.74 Å². The van der Waals surface area contributed by atoms with Crippen molar-refractivity contribution >= 4 is 22.1 Å². The summed E-state index contributed by atoms with van der Waals surface area (Å²) >= 11 is 1.52. The zero-order chi connectivity index (χ0) is 16.9. The van der Waals surface area contributed by atoms with Gasteiger partial charge in [0.15, 0.2) is 0 Å². The lowest BCUT2D eigenvalue weighted by molar-refractivity contribution is 0.415. The molecule has 0 aliphatic heterocycles. The molecule has 3 aromatic rings. The number of nitrogens with zero attached hydrogens (tertiary/aromatic N) is 1. The fourth-order valence-corrected chi connectivity index (χ4v) is 4.33. The van der Waals surface area contributed by atoms with E-state index < -0.39 is 10.8 Å². The smallest absolute Gasteiger partial charge is 0.123 e. The first kappa shape index (κ1) is 16.8. The molecule has 0 amide bonds. The van der Waals surface area contributed by atoms with Crippen LogP contribution in [0.5, 0.6) is 5.75 Å². The summed E-state index contributed by atoms with van der Waals surface area (Å²) in [4.78, 5) is 4.55. The highest BCUT2D eigenvalue weighted by molar-refractivity contribution is 7.83. The maximum Gasteiger partial charge on any atom is 0.123 e. The number of ether oxygens (including phenoxy) is 1. The molecule has 0 saturated heterocycles. The summed E-state index contributed by atoms with van der Waals surface area (Å²) in [6.45, 7) is 0. The lowest BCUT2D eigenvalue weighted by atomic mass is 10.2. The van der Waals surface area contributed by atoms with Crippen molar-refractivity contribution in [1.29, 1.82) is 0 Å². The highest BCUT2D eigenvalue weighted by atomic mass is 32.2. The number of aromatic nitrogens is 1. The van der Waals surface area contributed by atoms with Crippen molar-refractivity contribution in [3.63, 3.8) is 0 Å². The van der Waals surface area contributed by atoms with Gasteiger partial charge in [0.25, 0.3) is 0 Å². The fraction of sp³-hybridized carbons (Fsp3) is 0.167. The summed E-state index contributed by atoms with van der Waals surface area (Å²) in [5.74, 6) is 1.18. The van der Waals surface area contributed by atoms with E-state index in [0.29, 0.717) is 11.5 Å². The van der Waals surface area contributed by atoms with Crippen molar-refractivity contribution in [2.75, 3.05) is 7.11 Å². The molecule has 24 heavy (non-hydrogen) atoms. The average molecular weight is 361 g/mol. The number of benzene rings is 2. The van der Waals surface area contributed by atoms with Gasteiger partial charge in [0.05, 0.1) is 18.6 Å². The second-order valence-corrected chi connectivity index (χ2v) is 7.55. The number of halogens is 1. The third-order valence-corrected chi connectivity index (χ3v) is 5.63. The number of hydrogen-bond donors (Lipinski definition) is 0. The molecule has 3 nitrogen and oxygen atoms in total. The second-order valence-electron chi connectivity index (χ2n) is 5.23. The van der Waals surface area contributed by atoms with E-state index >= 15 is 0 Å². The Bertz CT molecular complexity index is 846. The molecule has 0 N–H and O–H groups in total. The zero-order valence-corrected chi connectivity index (χ0v) is 14.7. The highest BCUT2D eigenvalue weighted by Gasteiger charge is 2.09. The molecular weight excluding hydrogens is 345 g/mol. The molecule has 1 atom stereocenters. The van der Waals surface area contributed by atoms with Crippen molar-refractivity contribution in [3.8, 4) is 16.3 Å². The first-order valence-electron chi connectivity index (χ1n) is 7.32. The van der Waals surface area contributed by atoms with E-state index in [0.717, 1.165) is 27.6 Å². The summed E-state index contributed by atoms with van der Waals surface area (Å²) in [5.41, 5.74) is 2.53. The predicted molar refractivity (Wildman–Crippen MR) is 96.1 cm³/mol. The van der Waals surface area contributed by atoms with Gasteiger partial charge in [-0.15, -0.1) is 11.3 Å². The predicted octanol–water partition coefficient (Wildman–Crippen LogP) is 4.41. The van der Waals surface area contributed by atoms with E-state index in [1.807, 2.05) is 29.6 Å².